The van der Waals surface area contributed by atoms with Crippen LogP contribution in [0.3, 0.4) is 0 Å². The van der Waals surface area contributed by atoms with Gasteiger partial charge in [0.05, 0.1) is 6.61 Å². The molecule has 0 bridgehead atoms. The smallest absolute Gasteiger partial charge is 0.338 e. The van der Waals surface area contributed by atoms with Crippen LogP contribution in [-0.4, -0.2) is 63.5 Å². The minimum Gasteiger partial charge on any atom is -0.459 e. The highest BCUT2D eigenvalue weighted by molar-refractivity contribution is 5.75. The van der Waals surface area contributed by atoms with E-state index in [1.54, 1.807) is 24.3 Å². The molecule has 116 valence electrons. The summed E-state index contributed by atoms with van der Waals surface area (Å²) in [5.41, 5.74) is 0.760. The number of esters is 1. The lowest BCUT2D eigenvalue weighted by Crippen LogP contribution is -2.60. The first-order valence-corrected chi connectivity index (χ1v) is 6.55. The molecule has 5 atom stereocenters. The average Bonchev–Trinajstić information content (AvgIpc) is 2.52. The number of hydrogen-bond donors (Lipinski definition) is 4. The Balaban J connectivity index is 1.97. The Morgan fingerprint density at radius 2 is 1.76 bits per heavy atom. The van der Waals surface area contributed by atoms with E-state index in [0.717, 1.165) is 5.56 Å². The maximum Gasteiger partial charge on any atom is 0.338 e. The normalized spacial score (nSPS) is 32.7. The van der Waals surface area contributed by atoms with Gasteiger partial charge in [0.15, 0.2) is 6.10 Å². The number of benzene rings is 1. The molecule has 0 spiro atoms. The van der Waals surface area contributed by atoms with Gasteiger partial charge in [-0.15, -0.1) is 0 Å². The number of aliphatic hydroxyl groups excluding tert-OH is 4. The summed E-state index contributed by atoms with van der Waals surface area (Å²) in [6, 6.07) is 8.93. The molecule has 1 aromatic rings. The Kier molecular flexibility index (Phi) is 5.27. The molecule has 0 saturated carbocycles. The van der Waals surface area contributed by atoms with Crippen LogP contribution in [0.4, 0.5) is 0 Å². The van der Waals surface area contributed by atoms with Crippen LogP contribution in [0, 0.1) is 0 Å². The average molecular weight is 298 g/mol. The van der Waals surface area contributed by atoms with Gasteiger partial charge in [0, 0.05) is 0 Å². The number of ether oxygens (including phenoxy) is 2. The number of rotatable bonds is 4. The van der Waals surface area contributed by atoms with Gasteiger partial charge in [0.1, 0.15) is 31.0 Å². The van der Waals surface area contributed by atoms with E-state index in [1.165, 1.54) is 0 Å². The van der Waals surface area contributed by atoms with Crippen molar-refractivity contribution in [2.45, 2.75) is 37.1 Å². The Bertz CT molecular complexity index is 462. The third-order valence-electron chi connectivity index (χ3n) is 3.35. The summed E-state index contributed by atoms with van der Waals surface area (Å²) in [6.45, 7) is -0.595. The van der Waals surface area contributed by atoms with Crippen molar-refractivity contribution in [1.29, 1.82) is 0 Å². The van der Waals surface area contributed by atoms with Crippen LogP contribution in [0.5, 0.6) is 0 Å². The van der Waals surface area contributed by atoms with Crippen LogP contribution in [0.1, 0.15) is 5.56 Å². The first-order chi connectivity index (χ1) is 10.0. The van der Waals surface area contributed by atoms with Crippen LogP contribution in [0.25, 0.3) is 0 Å². The van der Waals surface area contributed by atoms with Crippen molar-refractivity contribution in [2.24, 2.45) is 0 Å². The van der Waals surface area contributed by atoms with E-state index in [1.807, 2.05) is 6.07 Å². The number of aliphatic hydroxyl groups is 4. The summed E-state index contributed by atoms with van der Waals surface area (Å²) in [5.74, 6) is -0.865. The first kappa shape index (κ1) is 15.9. The Morgan fingerprint density at radius 3 is 2.38 bits per heavy atom. The minimum atomic E-state index is -1.62. The van der Waals surface area contributed by atoms with Crippen LogP contribution in [0.2, 0.25) is 0 Å². The molecule has 1 aliphatic heterocycles. The third kappa shape index (κ3) is 3.58. The lowest BCUT2D eigenvalue weighted by molar-refractivity contribution is -0.236. The van der Waals surface area contributed by atoms with Crippen LogP contribution in [-0.2, 0) is 20.9 Å². The van der Waals surface area contributed by atoms with Gasteiger partial charge in [-0.05, 0) is 5.56 Å². The zero-order valence-electron chi connectivity index (χ0n) is 11.2. The lowest BCUT2D eigenvalue weighted by Gasteiger charge is -2.38. The number of hydrogen-bond acceptors (Lipinski definition) is 7. The van der Waals surface area contributed by atoms with Gasteiger partial charge in [0.2, 0.25) is 0 Å². The van der Waals surface area contributed by atoms with Crippen molar-refractivity contribution < 1.29 is 34.7 Å². The largest absolute Gasteiger partial charge is 0.459 e. The van der Waals surface area contributed by atoms with E-state index in [9.17, 15) is 20.1 Å². The third-order valence-corrected chi connectivity index (χ3v) is 3.35. The molecule has 7 heteroatoms. The number of carbonyl (C=O) groups excluding carboxylic acids is 1. The van der Waals surface area contributed by atoms with E-state index in [4.69, 9.17) is 14.6 Å². The fourth-order valence-electron chi connectivity index (χ4n) is 2.11. The number of carbonyl (C=O) groups is 1. The molecule has 1 saturated heterocycles. The Labute approximate surface area is 121 Å². The highest BCUT2D eigenvalue weighted by Gasteiger charge is 2.47. The molecule has 0 radical (unpaired) electrons. The zero-order valence-corrected chi connectivity index (χ0v) is 11.2. The maximum atomic E-state index is 11.9. The standard InChI is InChI=1S/C14H18O7/c15-6-9-10(16)11(17)12(18)13(21-9)14(19)20-7-8-4-2-1-3-5-8/h1-5,9-13,15-18H,6-7H2/t9?,10-,11?,12?,13?/m0/s1. The first-order valence-electron chi connectivity index (χ1n) is 6.55. The van der Waals surface area contributed by atoms with Gasteiger partial charge in [-0.1, -0.05) is 30.3 Å². The molecule has 0 aliphatic carbocycles. The highest BCUT2D eigenvalue weighted by atomic mass is 16.6. The lowest BCUT2D eigenvalue weighted by atomic mass is 9.95. The molecule has 4 N–H and O–H groups in total. The molecule has 0 aromatic heterocycles. The minimum absolute atomic E-state index is 0.00526. The van der Waals surface area contributed by atoms with Crippen LogP contribution in [0.15, 0.2) is 30.3 Å². The van der Waals surface area contributed by atoms with Crippen LogP contribution < -0.4 is 0 Å². The second-order valence-corrected chi connectivity index (χ2v) is 4.84. The van der Waals surface area contributed by atoms with Gasteiger partial charge in [0.25, 0.3) is 0 Å². The Hall–Kier alpha value is -1.51. The fraction of sp³-hybridized carbons (Fsp3) is 0.500. The van der Waals surface area contributed by atoms with Gasteiger partial charge in [-0.3, -0.25) is 0 Å². The summed E-state index contributed by atoms with van der Waals surface area (Å²) < 4.78 is 10.1. The highest BCUT2D eigenvalue weighted by Crippen LogP contribution is 2.22. The molecule has 1 fully saturated rings. The second kappa shape index (κ2) is 6.97. The fourth-order valence-corrected chi connectivity index (χ4v) is 2.11. The summed E-state index contributed by atoms with van der Waals surface area (Å²) in [5, 5.41) is 38.0. The SMILES string of the molecule is O=C(OCc1ccccc1)C1OC(CO)[C@H](O)C(O)C1O. The molecular formula is C14H18O7. The molecule has 0 amide bonds. The van der Waals surface area contributed by atoms with Crippen molar-refractivity contribution in [3.63, 3.8) is 0 Å². The molecule has 7 nitrogen and oxygen atoms in total. The van der Waals surface area contributed by atoms with Gasteiger partial charge < -0.3 is 29.9 Å². The van der Waals surface area contributed by atoms with E-state index in [0.29, 0.717) is 0 Å². The summed E-state index contributed by atoms with van der Waals surface area (Å²) in [4.78, 5) is 11.9. The second-order valence-electron chi connectivity index (χ2n) is 4.84. The van der Waals surface area contributed by atoms with Crippen LogP contribution >= 0.6 is 0 Å². The summed E-state index contributed by atoms with van der Waals surface area (Å²) in [7, 11) is 0. The van der Waals surface area contributed by atoms with Gasteiger partial charge in [-0.2, -0.15) is 0 Å². The molecule has 4 unspecified atom stereocenters. The van der Waals surface area contributed by atoms with Crippen molar-refractivity contribution in [3.05, 3.63) is 35.9 Å². The summed E-state index contributed by atoms with van der Waals surface area (Å²) in [6.07, 6.45) is -7.29. The summed E-state index contributed by atoms with van der Waals surface area (Å²) >= 11 is 0. The molecule has 1 aliphatic rings. The van der Waals surface area contributed by atoms with Gasteiger partial charge >= 0.3 is 5.97 Å². The molecule has 1 aromatic carbocycles. The topological polar surface area (TPSA) is 116 Å². The van der Waals surface area contributed by atoms with E-state index in [2.05, 4.69) is 0 Å². The van der Waals surface area contributed by atoms with E-state index < -0.39 is 43.1 Å². The molecule has 2 rings (SSSR count). The maximum absolute atomic E-state index is 11.9. The molecular weight excluding hydrogens is 280 g/mol. The van der Waals surface area contributed by atoms with Crippen molar-refractivity contribution in [1.82, 2.24) is 0 Å². The van der Waals surface area contributed by atoms with Crippen molar-refractivity contribution in [3.8, 4) is 0 Å². The predicted octanol–water partition coefficient (Wildman–Crippen LogP) is -1.43. The Morgan fingerprint density at radius 1 is 1.10 bits per heavy atom. The monoisotopic (exact) mass is 298 g/mol. The zero-order chi connectivity index (χ0) is 15.4. The van der Waals surface area contributed by atoms with Crippen molar-refractivity contribution >= 4 is 5.97 Å². The van der Waals surface area contributed by atoms with Crippen molar-refractivity contribution in [2.75, 3.05) is 6.61 Å². The molecule has 21 heavy (non-hydrogen) atoms. The van der Waals surface area contributed by atoms with E-state index in [-0.39, 0.29) is 6.61 Å². The quantitative estimate of drug-likeness (QED) is 0.504. The van der Waals surface area contributed by atoms with E-state index >= 15 is 0 Å². The van der Waals surface area contributed by atoms with Gasteiger partial charge in [-0.25, -0.2) is 4.79 Å². The molecule has 1 heterocycles. The predicted molar refractivity (Wildman–Crippen MR) is 70.0 cm³/mol.